The summed E-state index contributed by atoms with van der Waals surface area (Å²) in [4.78, 5) is 0. The summed E-state index contributed by atoms with van der Waals surface area (Å²) in [6.45, 7) is 5.78. The van der Waals surface area contributed by atoms with Gasteiger partial charge in [0.25, 0.3) is 0 Å². The molecule has 0 radical (unpaired) electrons. The minimum Gasteiger partial charge on any atom is -0.483 e. The maximum atomic E-state index is 9.63. The highest BCUT2D eigenvalue weighted by atomic mass is 16.7. The van der Waals surface area contributed by atoms with E-state index in [-0.39, 0.29) is 6.61 Å². The van der Waals surface area contributed by atoms with Crippen LogP contribution >= 0.6 is 0 Å². The lowest BCUT2D eigenvalue weighted by molar-refractivity contribution is -0.159. The lowest BCUT2D eigenvalue weighted by Crippen LogP contribution is -2.41. The third-order valence-corrected chi connectivity index (χ3v) is 2.39. The van der Waals surface area contributed by atoms with Crippen molar-refractivity contribution in [1.29, 1.82) is 0 Å². The number of hydrogen-bond donors (Lipinski definition) is 1. The van der Waals surface area contributed by atoms with Crippen LogP contribution in [0, 0.1) is 13.8 Å². The predicted molar refractivity (Wildman–Crippen MR) is 52.7 cm³/mol. The molecule has 1 aromatic rings. The van der Waals surface area contributed by atoms with E-state index in [4.69, 9.17) is 9.47 Å². The zero-order chi connectivity index (χ0) is 10.3. The molecular weight excluding hydrogens is 180 g/mol. The Kier molecular flexibility index (Phi) is 1.93. The number of benzene rings is 1. The quantitative estimate of drug-likeness (QED) is 0.684. The van der Waals surface area contributed by atoms with Crippen LogP contribution in [0.1, 0.15) is 18.1 Å². The average molecular weight is 194 g/mol. The molecule has 0 amide bonds. The predicted octanol–water partition coefficient (Wildman–Crippen LogP) is 1.78. The summed E-state index contributed by atoms with van der Waals surface area (Å²) < 4.78 is 10.8. The van der Waals surface area contributed by atoms with Gasteiger partial charge in [0.15, 0.2) is 18.1 Å². The molecule has 0 spiro atoms. The molecule has 2 rings (SSSR count). The van der Waals surface area contributed by atoms with E-state index in [9.17, 15) is 5.11 Å². The SMILES string of the molecule is Cc1cc2c(cc1C)O[C@@](C)(O)CO2. The minimum atomic E-state index is -1.21. The Labute approximate surface area is 83.3 Å². The highest BCUT2D eigenvalue weighted by molar-refractivity contribution is 5.47. The third-order valence-electron chi connectivity index (χ3n) is 2.39. The van der Waals surface area contributed by atoms with Crippen LogP contribution in [0.2, 0.25) is 0 Å². The highest BCUT2D eigenvalue weighted by Gasteiger charge is 2.30. The molecule has 0 unspecified atom stereocenters. The second-order valence-corrected chi connectivity index (χ2v) is 3.95. The highest BCUT2D eigenvalue weighted by Crippen LogP contribution is 2.36. The first kappa shape index (κ1) is 9.34. The molecular formula is C11H14O3. The second kappa shape index (κ2) is 2.89. The van der Waals surface area contributed by atoms with Gasteiger partial charge in [0.05, 0.1) is 0 Å². The molecule has 3 heteroatoms. The van der Waals surface area contributed by atoms with E-state index >= 15 is 0 Å². The van der Waals surface area contributed by atoms with Gasteiger partial charge >= 0.3 is 0 Å². The van der Waals surface area contributed by atoms with Crippen molar-refractivity contribution in [3.8, 4) is 11.5 Å². The van der Waals surface area contributed by atoms with Crippen molar-refractivity contribution in [3.05, 3.63) is 23.3 Å². The maximum absolute atomic E-state index is 9.63. The first-order chi connectivity index (χ1) is 6.48. The van der Waals surface area contributed by atoms with E-state index in [0.717, 1.165) is 11.1 Å². The number of hydrogen-bond acceptors (Lipinski definition) is 3. The lowest BCUT2D eigenvalue weighted by atomic mass is 10.1. The fraction of sp³-hybridized carbons (Fsp3) is 0.455. The van der Waals surface area contributed by atoms with Gasteiger partial charge in [-0.2, -0.15) is 0 Å². The molecule has 1 atom stereocenters. The topological polar surface area (TPSA) is 38.7 Å². The van der Waals surface area contributed by atoms with Crippen molar-refractivity contribution in [3.63, 3.8) is 0 Å². The van der Waals surface area contributed by atoms with Gasteiger partial charge in [0.2, 0.25) is 5.79 Å². The zero-order valence-corrected chi connectivity index (χ0v) is 8.63. The van der Waals surface area contributed by atoms with Crippen molar-refractivity contribution >= 4 is 0 Å². The normalized spacial score (nSPS) is 24.9. The summed E-state index contributed by atoms with van der Waals surface area (Å²) in [5, 5.41) is 9.63. The molecule has 0 fully saturated rings. The summed E-state index contributed by atoms with van der Waals surface area (Å²) in [6, 6.07) is 3.82. The monoisotopic (exact) mass is 194 g/mol. The van der Waals surface area contributed by atoms with Crippen LogP contribution in [0.25, 0.3) is 0 Å². The van der Waals surface area contributed by atoms with E-state index in [0.29, 0.717) is 11.5 Å². The van der Waals surface area contributed by atoms with Crippen molar-refractivity contribution in [1.82, 2.24) is 0 Å². The smallest absolute Gasteiger partial charge is 0.239 e. The van der Waals surface area contributed by atoms with E-state index in [1.54, 1.807) is 6.92 Å². The van der Waals surface area contributed by atoms with Crippen LogP contribution in [0.3, 0.4) is 0 Å². The largest absolute Gasteiger partial charge is 0.483 e. The molecule has 1 aliphatic rings. The number of rotatable bonds is 0. The molecule has 0 aliphatic carbocycles. The van der Waals surface area contributed by atoms with Crippen LogP contribution in [-0.2, 0) is 0 Å². The van der Waals surface area contributed by atoms with Gasteiger partial charge in [-0.1, -0.05) is 0 Å². The van der Waals surface area contributed by atoms with Gasteiger partial charge < -0.3 is 14.6 Å². The molecule has 0 bridgehead atoms. The summed E-state index contributed by atoms with van der Waals surface area (Å²) in [5.41, 5.74) is 2.29. The van der Waals surface area contributed by atoms with Crippen molar-refractivity contribution in [2.45, 2.75) is 26.6 Å². The second-order valence-electron chi connectivity index (χ2n) is 3.95. The zero-order valence-electron chi connectivity index (χ0n) is 8.63. The van der Waals surface area contributed by atoms with Crippen LogP contribution < -0.4 is 9.47 Å². The van der Waals surface area contributed by atoms with Gasteiger partial charge in [0.1, 0.15) is 0 Å². The van der Waals surface area contributed by atoms with Gasteiger partial charge in [0, 0.05) is 6.92 Å². The molecule has 1 aliphatic heterocycles. The van der Waals surface area contributed by atoms with Gasteiger partial charge in [-0.3, -0.25) is 0 Å². The average Bonchev–Trinajstić information content (AvgIpc) is 2.07. The number of aryl methyl sites for hydroxylation is 2. The van der Waals surface area contributed by atoms with Gasteiger partial charge in [-0.05, 0) is 37.1 Å². The molecule has 0 saturated carbocycles. The summed E-state index contributed by atoms with van der Waals surface area (Å²) in [6.07, 6.45) is 0. The molecule has 0 saturated heterocycles. The Bertz CT molecular complexity index is 369. The van der Waals surface area contributed by atoms with Crippen LogP contribution in [-0.4, -0.2) is 17.5 Å². The van der Waals surface area contributed by atoms with E-state index in [2.05, 4.69) is 0 Å². The fourth-order valence-electron chi connectivity index (χ4n) is 1.43. The standard InChI is InChI=1S/C11H14O3/c1-7-4-9-10(5-8(7)2)14-11(3,12)6-13-9/h4-5,12H,6H2,1-3H3/t11-/m1/s1. The van der Waals surface area contributed by atoms with Crippen LogP contribution in [0.5, 0.6) is 11.5 Å². The molecule has 14 heavy (non-hydrogen) atoms. The van der Waals surface area contributed by atoms with E-state index < -0.39 is 5.79 Å². The van der Waals surface area contributed by atoms with Crippen molar-refractivity contribution < 1.29 is 14.6 Å². The number of aliphatic hydroxyl groups is 1. The Morgan fingerprint density at radius 1 is 1.21 bits per heavy atom. The Morgan fingerprint density at radius 3 is 2.43 bits per heavy atom. The molecule has 1 N–H and O–H groups in total. The van der Waals surface area contributed by atoms with Crippen LogP contribution in [0.4, 0.5) is 0 Å². The Morgan fingerprint density at radius 2 is 1.79 bits per heavy atom. The van der Waals surface area contributed by atoms with E-state index in [1.165, 1.54) is 0 Å². The summed E-state index contributed by atoms with van der Waals surface area (Å²) in [7, 11) is 0. The Hall–Kier alpha value is -1.22. The van der Waals surface area contributed by atoms with Crippen LogP contribution in [0.15, 0.2) is 12.1 Å². The molecule has 76 valence electrons. The number of ether oxygens (including phenoxy) is 2. The van der Waals surface area contributed by atoms with Gasteiger partial charge in [-0.25, -0.2) is 0 Å². The molecule has 0 aromatic heterocycles. The summed E-state index contributed by atoms with van der Waals surface area (Å²) in [5.74, 6) is 0.110. The Balaban J connectivity index is 2.43. The van der Waals surface area contributed by atoms with Crippen molar-refractivity contribution in [2.24, 2.45) is 0 Å². The molecule has 3 nitrogen and oxygen atoms in total. The van der Waals surface area contributed by atoms with Gasteiger partial charge in [-0.15, -0.1) is 0 Å². The lowest BCUT2D eigenvalue weighted by Gasteiger charge is -2.31. The first-order valence-electron chi connectivity index (χ1n) is 4.63. The number of fused-ring (bicyclic) bond motifs is 1. The summed E-state index contributed by atoms with van der Waals surface area (Å²) >= 11 is 0. The maximum Gasteiger partial charge on any atom is 0.239 e. The first-order valence-corrected chi connectivity index (χ1v) is 4.63. The molecule has 1 heterocycles. The van der Waals surface area contributed by atoms with Crippen molar-refractivity contribution in [2.75, 3.05) is 6.61 Å². The molecule has 1 aromatic carbocycles. The van der Waals surface area contributed by atoms with E-state index in [1.807, 2.05) is 26.0 Å². The minimum absolute atomic E-state index is 0.169. The fourth-order valence-corrected chi connectivity index (χ4v) is 1.43. The third kappa shape index (κ3) is 1.55.